The molecule has 7 nitrogen and oxygen atoms in total. The van der Waals surface area contributed by atoms with Gasteiger partial charge in [-0.15, -0.1) is 0 Å². The number of carbonyl (C=O) groups is 1. The summed E-state index contributed by atoms with van der Waals surface area (Å²) in [6.45, 7) is 1.81. The van der Waals surface area contributed by atoms with Gasteiger partial charge in [-0.1, -0.05) is 24.3 Å². The van der Waals surface area contributed by atoms with Crippen molar-refractivity contribution in [3.05, 3.63) is 96.2 Å². The van der Waals surface area contributed by atoms with Crippen LogP contribution in [-0.4, -0.2) is 20.9 Å². The maximum atomic E-state index is 13.7. The van der Waals surface area contributed by atoms with E-state index in [1.807, 2.05) is 37.3 Å². The van der Waals surface area contributed by atoms with Crippen molar-refractivity contribution in [3.63, 3.8) is 0 Å². The number of benzene rings is 2. The van der Waals surface area contributed by atoms with E-state index in [0.717, 1.165) is 5.69 Å². The summed E-state index contributed by atoms with van der Waals surface area (Å²) < 4.78 is 13.7. The molecule has 3 N–H and O–H groups in total. The molecule has 160 valence electrons. The Morgan fingerprint density at radius 1 is 0.844 bits per heavy atom. The molecular weight excluding hydrogens is 407 g/mol. The van der Waals surface area contributed by atoms with Crippen molar-refractivity contribution in [2.24, 2.45) is 0 Å². The summed E-state index contributed by atoms with van der Waals surface area (Å²) in [4.78, 5) is 25.2. The molecule has 1 amide bonds. The molecule has 0 aliphatic rings. The Kier molecular flexibility index (Phi) is 6.31. The van der Waals surface area contributed by atoms with Gasteiger partial charge in [0.05, 0.1) is 6.42 Å². The molecule has 0 saturated carbocycles. The lowest BCUT2D eigenvalue weighted by Gasteiger charge is -2.11. The summed E-state index contributed by atoms with van der Waals surface area (Å²) in [5.41, 5.74) is 1.77. The summed E-state index contributed by atoms with van der Waals surface area (Å²) in [7, 11) is 0. The molecule has 0 saturated heterocycles. The minimum absolute atomic E-state index is 0.0288. The fourth-order valence-electron chi connectivity index (χ4n) is 3.07. The number of nitrogens with one attached hydrogen (secondary N) is 3. The second-order valence-electron chi connectivity index (χ2n) is 7.04. The summed E-state index contributed by atoms with van der Waals surface area (Å²) in [6, 6.07) is 20.8. The van der Waals surface area contributed by atoms with Crippen molar-refractivity contribution in [2.75, 3.05) is 16.0 Å². The zero-order valence-corrected chi connectivity index (χ0v) is 17.3. The number of aromatic nitrogens is 3. The van der Waals surface area contributed by atoms with Gasteiger partial charge in [0.25, 0.3) is 0 Å². The zero-order chi connectivity index (χ0) is 22.3. The largest absolute Gasteiger partial charge is 0.340 e. The van der Waals surface area contributed by atoms with Crippen LogP contribution in [0.3, 0.4) is 0 Å². The molecule has 0 aliphatic carbocycles. The predicted octanol–water partition coefficient (Wildman–Crippen LogP) is 4.99. The first-order valence-electron chi connectivity index (χ1n) is 9.99. The summed E-state index contributed by atoms with van der Waals surface area (Å²) in [6.07, 6.45) is 1.67. The Labute approximate surface area is 184 Å². The normalized spacial score (nSPS) is 10.4. The van der Waals surface area contributed by atoms with Crippen molar-refractivity contribution in [2.45, 2.75) is 13.3 Å². The van der Waals surface area contributed by atoms with Gasteiger partial charge in [0, 0.05) is 23.6 Å². The van der Waals surface area contributed by atoms with Gasteiger partial charge >= 0.3 is 0 Å². The van der Waals surface area contributed by atoms with Crippen LogP contribution in [0.4, 0.5) is 33.2 Å². The van der Waals surface area contributed by atoms with Gasteiger partial charge in [-0.3, -0.25) is 4.79 Å². The van der Waals surface area contributed by atoms with Crippen molar-refractivity contribution < 1.29 is 9.18 Å². The average Bonchev–Trinajstić information content (AvgIpc) is 2.77. The lowest BCUT2D eigenvalue weighted by Crippen LogP contribution is -2.15. The molecule has 4 rings (SSSR count). The third-order valence-electron chi connectivity index (χ3n) is 4.51. The van der Waals surface area contributed by atoms with Crippen LogP contribution in [0.1, 0.15) is 11.4 Å². The van der Waals surface area contributed by atoms with E-state index in [0.29, 0.717) is 34.5 Å². The molecule has 0 aliphatic heterocycles. The highest BCUT2D eigenvalue weighted by Crippen LogP contribution is 2.21. The van der Waals surface area contributed by atoms with E-state index in [-0.39, 0.29) is 18.1 Å². The number of rotatable bonds is 7. The number of pyridine rings is 1. The number of carbonyl (C=O) groups excluding carboxylic acids is 1. The third kappa shape index (κ3) is 5.63. The molecule has 0 fully saturated rings. The van der Waals surface area contributed by atoms with Crippen LogP contribution in [0, 0.1) is 12.7 Å². The van der Waals surface area contributed by atoms with Crippen LogP contribution >= 0.6 is 0 Å². The lowest BCUT2D eigenvalue weighted by atomic mass is 10.1. The quantitative estimate of drug-likeness (QED) is 0.384. The number of hydrogen-bond acceptors (Lipinski definition) is 6. The second kappa shape index (κ2) is 9.65. The maximum absolute atomic E-state index is 13.7. The van der Waals surface area contributed by atoms with Gasteiger partial charge in [0.15, 0.2) is 0 Å². The van der Waals surface area contributed by atoms with Gasteiger partial charge in [0.2, 0.25) is 5.91 Å². The van der Waals surface area contributed by atoms with Crippen LogP contribution in [-0.2, 0) is 11.2 Å². The van der Waals surface area contributed by atoms with E-state index >= 15 is 0 Å². The number of nitrogens with zero attached hydrogens (tertiary/aromatic N) is 3. The Balaban J connectivity index is 1.39. The number of hydrogen-bond donors (Lipinski definition) is 3. The van der Waals surface area contributed by atoms with Crippen LogP contribution in [0.25, 0.3) is 0 Å². The highest BCUT2D eigenvalue weighted by molar-refractivity contribution is 5.92. The molecule has 0 bridgehead atoms. The van der Waals surface area contributed by atoms with Crippen molar-refractivity contribution in [1.29, 1.82) is 0 Å². The van der Waals surface area contributed by atoms with Crippen LogP contribution in [0.15, 0.2) is 79.0 Å². The molecule has 32 heavy (non-hydrogen) atoms. The van der Waals surface area contributed by atoms with Gasteiger partial charge in [-0.25, -0.2) is 19.3 Å². The fourth-order valence-corrected chi connectivity index (χ4v) is 3.07. The Morgan fingerprint density at radius 3 is 2.25 bits per heavy atom. The summed E-state index contributed by atoms with van der Waals surface area (Å²) >= 11 is 0. The van der Waals surface area contributed by atoms with Gasteiger partial charge in [-0.05, 0) is 55.0 Å². The molecule has 8 heteroatoms. The van der Waals surface area contributed by atoms with E-state index in [1.54, 1.807) is 42.6 Å². The molecule has 0 spiro atoms. The zero-order valence-electron chi connectivity index (χ0n) is 17.3. The molecule has 2 aromatic heterocycles. The van der Waals surface area contributed by atoms with E-state index in [9.17, 15) is 9.18 Å². The summed E-state index contributed by atoms with van der Waals surface area (Å²) in [5.74, 6) is 1.85. The highest BCUT2D eigenvalue weighted by atomic mass is 19.1. The molecule has 2 aromatic carbocycles. The topological polar surface area (TPSA) is 91.8 Å². The smallest absolute Gasteiger partial charge is 0.228 e. The van der Waals surface area contributed by atoms with E-state index in [4.69, 9.17) is 0 Å². The van der Waals surface area contributed by atoms with Crippen LogP contribution in [0.2, 0.25) is 0 Å². The van der Waals surface area contributed by atoms with E-state index in [2.05, 4.69) is 30.9 Å². The average molecular weight is 428 g/mol. The van der Waals surface area contributed by atoms with E-state index < -0.39 is 0 Å². The lowest BCUT2D eigenvalue weighted by molar-refractivity contribution is -0.115. The minimum Gasteiger partial charge on any atom is -0.340 e. The van der Waals surface area contributed by atoms with Gasteiger partial charge in [-0.2, -0.15) is 0 Å². The first-order valence-corrected chi connectivity index (χ1v) is 9.99. The SMILES string of the molecule is Cc1nc(Nc2ccc(NC(=O)Cc3ccccc3F)cc2)cc(Nc2ccccn2)n1. The van der Waals surface area contributed by atoms with Crippen molar-refractivity contribution in [3.8, 4) is 0 Å². The van der Waals surface area contributed by atoms with Crippen molar-refractivity contribution >= 4 is 34.7 Å². The molecule has 2 heterocycles. The molecule has 0 atom stereocenters. The first kappa shape index (κ1) is 20.9. The predicted molar refractivity (Wildman–Crippen MR) is 123 cm³/mol. The Bertz CT molecular complexity index is 1210. The minimum atomic E-state index is -0.390. The Morgan fingerprint density at radius 2 is 1.53 bits per heavy atom. The molecule has 0 radical (unpaired) electrons. The van der Waals surface area contributed by atoms with Crippen molar-refractivity contribution in [1.82, 2.24) is 15.0 Å². The molecular formula is C24H21FN6O. The number of amides is 1. The third-order valence-corrected chi connectivity index (χ3v) is 4.51. The van der Waals surface area contributed by atoms with Crippen LogP contribution < -0.4 is 16.0 Å². The van der Waals surface area contributed by atoms with E-state index in [1.165, 1.54) is 6.07 Å². The number of halogens is 1. The maximum Gasteiger partial charge on any atom is 0.228 e. The summed E-state index contributed by atoms with van der Waals surface area (Å²) in [5, 5.41) is 9.15. The Hall–Kier alpha value is -4.33. The monoisotopic (exact) mass is 428 g/mol. The molecule has 0 unspecified atom stereocenters. The fraction of sp³-hybridized carbons (Fsp3) is 0.0833. The standard InChI is InChI=1S/C24H21FN6O/c1-16-27-22(15-23(28-16)31-21-8-4-5-13-26-21)29-18-9-11-19(12-10-18)30-24(32)14-17-6-2-3-7-20(17)25/h2-13,15H,14H2,1H3,(H,30,32)(H2,26,27,28,29,31). The first-order chi connectivity index (χ1) is 15.5. The number of aryl methyl sites for hydroxylation is 1. The molecule has 4 aromatic rings. The van der Waals surface area contributed by atoms with Gasteiger partial charge < -0.3 is 16.0 Å². The highest BCUT2D eigenvalue weighted by Gasteiger charge is 2.08. The van der Waals surface area contributed by atoms with Crippen LogP contribution in [0.5, 0.6) is 0 Å². The second-order valence-corrected chi connectivity index (χ2v) is 7.04. The number of anilines is 5. The van der Waals surface area contributed by atoms with Gasteiger partial charge in [0.1, 0.15) is 29.1 Å².